The third kappa shape index (κ3) is 2.77. The summed E-state index contributed by atoms with van der Waals surface area (Å²) < 4.78 is 0. The number of likely N-dealkylation sites (N-methyl/N-ethyl adjacent to an activating group) is 1. The molecular weight excluding hydrogens is 218 g/mol. The molecule has 2 atom stereocenters. The zero-order valence-corrected chi connectivity index (χ0v) is 10.6. The molecule has 5 heteroatoms. The molecule has 5 nitrogen and oxygen atoms in total. The Hall–Kier alpha value is -1.10. The summed E-state index contributed by atoms with van der Waals surface area (Å²) in [6, 6.07) is 0.327. The van der Waals surface area contributed by atoms with E-state index >= 15 is 0 Å². The van der Waals surface area contributed by atoms with Gasteiger partial charge >= 0.3 is 0 Å². The molecule has 2 rings (SSSR count). The van der Waals surface area contributed by atoms with Crippen LogP contribution in [0.3, 0.4) is 0 Å². The number of nitrogens with one attached hydrogen (secondary N) is 1. The lowest BCUT2D eigenvalue weighted by atomic mass is 10.1. The van der Waals surface area contributed by atoms with Gasteiger partial charge in [0.2, 0.25) is 11.8 Å². The molecule has 0 aliphatic carbocycles. The van der Waals surface area contributed by atoms with Crippen LogP contribution in [0.2, 0.25) is 0 Å². The summed E-state index contributed by atoms with van der Waals surface area (Å²) in [5.41, 5.74) is 0. The van der Waals surface area contributed by atoms with E-state index in [1.54, 1.807) is 0 Å². The fraction of sp³-hybridized carbons (Fsp3) is 0.833. The molecular formula is C12H21N3O2. The molecule has 1 N–H and O–H groups in total. The molecule has 0 saturated carbocycles. The minimum Gasteiger partial charge on any atom is -0.355 e. The Balaban J connectivity index is 1.95. The standard InChI is InChI=1S/C12H21N3O2/c1-14(2)8-10-4-3-5-15(10)12(17)9-6-11(16)13-7-9/h9-10H,3-8H2,1-2H3,(H,13,16). The number of nitrogens with zero attached hydrogens (tertiary/aromatic N) is 2. The second-order valence-electron chi connectivity index (χ2n) is 5.30. The Morgan fingerprint density at radius 1 is 1.53 bits per heavy atom. The van der Waals surface area contributed by atoms with Gasteiger partial charge in [-0.15, -0.1) is 0 Å². The summed E-state index contributed by atoms with van der Waals surface area (Å²) in [5, 5.41) is 2.73. The van der Waals surface area contributed by atoms with Crippen LogP contribution in [-0.2, 0) is 9.59 Å². The molecule has 0 aromatic rings. The van der Waals surface area contributed by atoms with E-state index in [2.05, 4.69) is 10.2 Å². The van der Waals surface area contributed by atoms with Crippen molar-refractivity contribution in [1.82, 2.24) is 15.1 Å². The maximum absolute atomic E-state index is 12.3. The van der Waals surface area contributed by atoms with E-state index in [0.717, 1.165) is 25.9 Å². The first-order valence-electron chi connectivity index (χ1n) is 6.30. The van der Waals surface area contributed by atoms with Crippen LogP contribution in [0.5, 0.6) is 0 Å². The number of carbonyl (C=O) groups is 2. The van der Waals surface area contributed by atoms with E-state index in [4.69, 9.17) is 0 Å². The minimum atomic E-state index is -0.134. The largest absolute Gasteiger partial charge is 0.355 e. The van der Waals surface area contributed by atoms with E-state index in [1.807, 2.05) is 19.0 Å². The van der Waals surface area contributed by atoms with Crippen molar-refractivity contribution in [2.45, 2.75) is 25.3 Å². The first-order chi connectivity index (χ1) is 8.08. The molecule has 0 aromatic carbocycles. The second-order valence-corrected chi connectivity index (χ2v) is 5.30. The lowest BCUT2D eigenvalue weighted by Crippen LogP contribution is -2.44. The molecule has 2 fully saturated rings. The molecule has 2 saturated heterocycles. The minimum absolute atomic E-state index is 0.00621. The number of rotatable bonds is 3. The normalized spacial score (nSPS) is 28.9. The third-order valence-electron chi connectivity index (χ3n) is 3.56. The van der Waals surface area contributed by atoms with Crippen LogP contribution in [0.25, 0.3) is 0 Å². The summed E-state index contributed by atoms with van der Waals surface area (Å²) >= 11 is 0. The van der Waals surface area contributed by atoms with E-state index in [9.17, 15) is 9.59 Å². The average Bonchev–Trinajstić information content (AvgIpc) is 2.85. The highest BCUT2D eigenvalue weighted by atomic mass is 16.2. The summed E-state index contributed by atoms with van der Waals surface area (Å²) in [6.07, 6.45) is 2.53. The van der Waals surface area contributed by atoms with Crippen LogP contribution in [0.15, 0.2) is 0 Å². The van der Waals surface area contributed by atoms with Gasteiger partial charge in [0.05, 0.1) is 5.92 Å². The topological polar surface area (TPSA) is 52.6 Å². The van der Waals surface area contributed by atoms with Gasteiger partial charge in [0.15, 0.2) is 0 Å². The van der Waals surface area contributed by atoms with Crippen molar-refractivity contribution in [3.63, 3.8) is 0 Å². The van der Waals surface area contributed by atoms with Crippen molar-refractivity contribution in [3.05, 3.63) is 0 Å². The maximum atomic E-state index is 12.3. The molecule has 0 radical (unpaired) electrons. The van der Waals surface area contributed by atoms with Crippen LogP contribution in [0.4, 0.5) is 0 Å². The number of hydrogen-bond acceptors (Lipinski definition) is 3. The SMILES string of the molecule is CN(C)CC1CCCN1C(=O)C1CNC(=O)C1. The Bertz CT molecular complexity index is 317. The van der Waals surface area contributed by atoms with Gasteiger partial charge in [0.1, 0.15) is 0 Å². The lowest BCUT2D eigenvalue weighted by Gasteiger charge is -2.28. The molecule has 2 amide bonds. The Kier molecular flexibility index (Phi) is 3.66. The first-order valence-corrected chi connectivity index (χ1v) is 6.30. The van der Waals surface area contributed by atoms with E-state index < -0.39 is 0 Å². The third-order valence-corrected chi connectivity index (χ3v) is 3.56. The number of amides is 2. The first kappa shape index (κ1) is 12.4. The molecule has 0 spiro atoms. The highest BCUT2D eigenvalue weighted by Crippen LogP contribution is 2.22. The molecule has 2 heterocycles. The maximum Gasteiger partial charge on any atom is 0.228 e. The summed E-state index contributed by atoms with van der Waals surface area (Å²) in [4.78, 5) is 27.5. The monoisotopic (exact) mass is 239 g/mol. The quantitative estimate of drug-likeness (QED) is 0.734. The van der Waals surface area contributed by atoms with Crippen LogP contribution < -0.4 is 5.32 Å². The molecule has 96 valence electrons. The zero-order valence-electron chi connectivity index (χ0n) is 10.6. The molecule has 2 aliphatic heterocycles. The van der Waals surface area contributed by atoms with Crippen LogP contribution in [0, 0.1) is 5.92 Å². The molecule has 2 unspecified atom stereocenters. The van der Waals surface area contributed by atoms with Gasteiger partial charge in [-0.2, -0.15) is 0 Å². The number of carbonyl (C=O) groups excluding carboxylic acids is 2. The fourth-order valence-electron chi connectivity index (χ4n) is 2.75. The Labute approximate surface area is 102 Å². The van der Waals surface area contributed by atoms with E-state index in [-0.39, 0.29) is 17.7 Å². The zero-order chi connectivity index (χ0) is 12.4. The van der Waals surface area contributed by atoms with Gasteiger partial charge < -0.3 is 15.1 Å². The highest BCUT2D eigenvalue weighted by molar-refractivity contribution is 5.89. The number of likely N-dealkylation sites (tertiary alicyclic amines) is 1. The van der Waals surface area contributed by atoms with Crippen molar-refractivity contribution < 1.29 is 9.59 Å². The number of hydrogen-bond donors (Lipinski definition) is 1. The summed E-state index contributed by atoms with van der Waals surface area (Å²) in [7, 11) is 4.06. The van der Waals surface area contributed by atoms with Crippen molar-refractivity contribution in [2.24, 2.45) is 5.92 Å². The predicted octanol–water partition coefficient (Wildman–Crippen LogP) is -0.325. The van der Waals surface area contributed by atoms with Gasteiger partial charge in [0, 0.05) is 32.1 Å². The molecule has 0 aromatic heterocycles. The van der Waals surface area contributed by atoms with Gasteiger partial charge in [-0.05, 0) is 26.9 Å². The molecule has 17 heavy (non-hydrogen) atoms. The predicted molar refractivity (Wildman–Crippen MR) is 64.4 cm³/mol. The van der Waals surface area contributed by atoms with E-state index in [0.29, 0.717) is 19.0 Å². The van der Waals surface area contributed by atoms with Gasteiger partial charge in [-0.3, -0.25) is 9.59 Å². The smallest absolute Gasteiger partial charge is 0.228 e. The Morgan fingerprint density at radius 3 is 2.88 bits per heavy atom. The molecule has 0 bridgehead atoms. The average molecular weight is 239 g/mol. The summed E-state index contributed by atoms with van der Waals surface area (Å²) in [5.74, 6) is 0.0321. The van der Waals surface area contributed by atoms with Crippen molar-refractivity contribution in [1.29, 1.82) is 0 Å². The van der Waals surface area contributed by atoms with Gasteiger partial charge in [0.25, 0.3) is 0 Å². The van der Waals surface area contributed by atoms with Gasteiger partial charge in [-0.1, -0.05) is 0 Å². The lowest BCUT2D eigenvalue weighted by molar-refractivity contribution is -0.136. The molecule has 2 aliphatic rings. The highest BCUT2D eigenvalue weighted by Gasteiger charge is 2.36. The van der Waals surface area contributed by atoms with Crippen LogP contribution in [-0.4, -0.2) is 61.4 Å². The van der Waals surface area contributed by atoms with Crippen molar-refractivity contribution >= 4 is 11.8 Å². The summed E-state index contributed by atoms with van der Waals surface area (Å²) in [6.45, 7) is 2.28. The van der Waals surface area contributed by atoms with Gasteiger partial charge in [-0.25, -0.2) is 0 Å². The second kappa shape index (κ2) is 5.04. The fourth-order valence-corrected chi connectivity index (χ4v) is 2.75. The van der Waals surface area contributed by atoms with Crippen LogP contribution >= 0.6 is 0 Å². The van der Waals surface area contributed by atoms with Crippen LogP contribution in [0.1, 0.15) is 19.3 Å². The van der Waals surface area contributed by atoms with Crippen molar-refractivity contribution in [3.8, 4) is 0 Å². The van der Waals surface area contributed by atoms with Crippen molar-refractivity contribution in [2.75, 3.05) is 33.7 Å². The van der Waals surface area contributed by atoms with E-state index in [1.165, 1.54) is 0 Å². The Morgan fingerprint density at radius 2 is 2.29 bits per heavy atom.